The molecule has 0 radical (unpaired) electrons. The van der Waals surface area contributed by atoms with Gasteiger partial charge in [0.15, 0.2) is 0 Å². The van der Waals surface area contributed by atoms with E-state index in [0.29, 0.717) is 6.54 Å². The Balaban J connectivity index is 1.94. The lowest BCUT2D eigenvalue weighted by molar-refractivity contribution is 0.218. The van der Waals surface area contributed by atoms with Crippen LogP contribution in [0.1, 0.15) is 11.1 Å². The van der Waals surface area contributed by atoms with Gasteiger partial charge in [-0.2, -0.15) is 0 Å². The van der Waals surface area contributed by atoms with Gasteiger partial charge in [0.05, 0.1) is 13.2 Å². The Kier molecular flexibility index (Phi) is 3.99. The fourth-order valence-corrected chi connectivity index (χ4v) is 2.17. The standard InChI is InChI=1S/C13H20N2O2/c1-15(8-12(14)9-16)7-10-2-3-13-11(6-10)4-5-17-13/h2-3,6,12,16H,4-5,7-9,14H2,1H3. The number of nitrogens with two attached hydrogens (primary N) is 1. The average molecular weight is 236 g/mol. The Labute approximate surface area is 102 Å². The number of likely N-dealkylation sites (N-methyl/N-ethyl adjacent to an activating group) is 1. The summed E-state index contributed by atoms with van der Waals surface area (Å²) < 4.78 is 5.47. The number of hydrogen-bond acceptors (Lipinski definition) is 4. The first-order chi connectivity index (χ1) is 8.19. The fraction of sp³-hybridized carbons (Fsp3) is 0.538. The zero-order chi connectivity index (χ0) is 12.3. The maximum absolute atomic E-state index is 8.91. The van der Waals surface area contributed by atoms with E-state index >= 15 is 0 Å². The van der Waals surface area contributed by atoms with Crippen molar-refractivity contribution in [2.75, 3.05) is 26.8 Å². The number of fused-ring (bicyclic) bond motifs is 1. The van der Waals surface area contributed by atoms with E-state index in [1.807, 2.05) is 13.1 Å². The van der Waals surface area contributed by atoms with Crippen LogP contribution in [0.3, 0.4) is 0 Å². The highest BCUT2D eigenvalue weighted by Crippen LogP contribution is 2.26. The lowest BCUT2D eigenvalue weighted by atomic mass is 10.1. The van der Waals surface area contributed by atoms with Crippen LogP contribution in [0.25, 0.3) is 0 Å². The van der Waals surface area contributed by atoms with Gasteiger partial charge in [-0.05, 0) is 24.2 Å². The predicted molar refractivity (Wildman–Crippen MR) is 67.0 cm³/mol. The molecule has 1 aromatic carbocycles. The maximum atomic E-state index is 8.91. The lowest BCUT2D eigenvalue weighted by Crippen LogP contribution is -2.37. The molecule has 1 unspecified atom stereocenters. The Morgan fingerprint density at radius 3 is 3.12 bits per heavy atom. The van der Waals surface area contributed by atoms with Crippen LogP contribution in [0.4, 0.5) is 0 Å². The first-order valence-corrected chi connectivity index (χ1v) is 5.98. The van der Waals surface area contributed by atoms with E-state index in [9.17, 15) is 0 Å². The number of ether oxygens (including phenoxy) is 1. The second-order valence-corrected chi connectivity index (χ2v) is 4.68. The van der Waals surface area contributed by atoms with Crippen molar-refractivity contribution >= 4 is 0 Å². The van der Waals surface area contributed by atoms with Crippen LogP contribution in [0, 0.1) is 0 Å². The van der Waals surface area contributed by atoms with Gasteiger partial charge in [0.1, 0.15) is 5.75 Å². The molecular formula is C13H20N2O2. The molecule has 1 atom stereocenters. The monoisotopic (exact) mass is 236 g/mol. The summed E-state index contributed by atoms with van der Waals surface area (Å²) in [6, 6.07) is 6.16. The summed E-state index contributed by atoms with van der Waals surface area (Å²) >= 11 is 0. The van der Waals surface area contributed by atoms with Gasteiger partial charge in [0.25, 0.3) is 0 Å². The number of nitrogens with zero attached hydrogens (tertiary/aromatic N) is 1. The molecule has 2 rings (SSSR count). The molecule has 1 aliphatic heterocycles. The molecule has 4 heteroatoms. The zero-order valence-electron chi connectivity index (χ0n) is 10.2. The largest absolute Gasteiger partial charge is 0.493 e. The Morgan fingerprint density at radius 1 is 1.53 bits per heavy atom. The van der Waals surface area contributed by atoms with E-state index in [2.05, 4.69) is 17.0 Å². The van der Waals surface area contributed by atoms with Gasteiger partial charge >= 0.3 is 0 Å². The quantitative estimate of drug-likeness (QED) is 0.775. The van der Waals surface area contributed by atoms with Crippen LogP contribution in [0.15, 0.2) is 18.2 Å². The van der Waals surface area contributed by atoms with Crippen molar-refractivity contribution in [2.45, 2.75) is 19.0 Å². The van der Waals surface area contributed by atoms with Crippen LogP contribution >= 0.6 is 0 Å². The molecule has 3 N–H and O–H groups in total. The molecule has 1 heterocycles. The molecule has 0 aromatic heterocycles. The smallest absolute Gasteiger partial charge is 0.122 e. The number of aliphatic hydroxyl groups excluding tert-OH is 1. The lowest BCUT2D eigenvalue weighted by Gasteiger charge is -2.20. The molecule has 0 amide bonds. The first kappa shape index (κ1) is 12.4. The number of benzene rings is 1. The molecule has 0 saturated carbocycles. The van der Waals surface area contributed by atoms with Crippen molar-refractivity contribution < 1.29 is 9.84 Å². The predicted octanol–water partition coefficient (Wildman–Crippen LogP) is 0.373. The number of hydrogen-bond donors (Lipinski definition) is 2. The molecule has 0 fully saturated rings. The van der Waals surface area contributed by atoms with Crippen LogP contribution in [0.5, 0.6) is 5.75 Å². The highest BCUT2D eigenvalue weighted by molar-refractivity contribution is 5.39. The SMILES string of the molecule is CN(Cc1ccc2c(c1)CCO2)CC(N)CO. The molecule has 1 aromatic rings. The Bertz CT molecular complexity index is 382. The van der Waals surface area contributed by atoms with Crippen molar-refractivity contribution in [3.8, 4) is 5.75 Å². The molecule has 17 heavy (non-hydrogen) atoms. The van der Waals surface area contributed by atoms with Crippen LogP contribution in [0.2, 0.25) is 0 Å². The molecule has 1 aliphatic rings. The van der Waals surface area contributed by atoms with Crippen molar-refractivity contribution in [1.82, 2.24) is 4.90 Å². The molecule has 0 spiro atoms. The number of aliphatic hydroxyl groups is 1. The molecule has 4 nitrogen and oxygen atoms in total. The summed E-state index contributed by atoms with van der Waals surface area (Å²) in [5.41, 5.74) is 8.27. The molecule has 0 bridgehead atoms. The third-order valence-corrected chi connectivity index (χ3v) is 2.99. The van der Waals surface area contributed by atoms with E-state index in [-0.39, 0.29) is 12.6 Å². The minimum absolute atomic E-state index is 0.0301. The minimum atomic E-state index is -0.169. The van der Waals surface area contributed by atoms with Gasteiger partial charge in [-0.15, -0.1) is 0 Å². The summed E-state index contributed by atoms with van der Waals surface area (Å²) in [5, 5.41) is 8.91. The number of rotatable bonds is 5. The van der Waals surface area contributed by atoms with Crippen LogP contribution in [-0.4, -0.2) is 42.9 Å². The van der Waals surface area contributed by atoms with Crippen molar-refractivity contribution in [3.63, 3.8) is 0 Å². The second-order valence-electron chi connectivity index (χ2n) is 4.68. The van der Waals surface area contributed by atoms with E-state index < -0.39 is 0 Å². The van der Waals surface area contributed by atoms with Gasteiger partial charge in [0, 0.05) is 25.6 Å². The zero-order valence-corrected chi connectivity index (χ0v) is 10.2. The minimum Gasteiger partial charge on any atom is -0.493 e. The third kappa shape index (κ3) is 3.19. The average Bonchev–Trinajstić information content (AvgIpc) is 2.75. The summed E-state index contributed by atoms with van der Waals surface area (Å²) in [7, 11) is 2.01. The second kappa shape index (κ2) is 5.49. The van der Waals surface area contributed by atoms with Gasteiger partial charge in [-0.25, -0.2) is 0 Å². The van der Waals surface area contributed by atoms with E-state index in [1.54, 1.807) is 0 Å². The summed E-state index contributed by atoms with van der Waals surface area (Å²) in [5.74, 6) is 1.02. The van der Waals surface area contributed by atoms with Gasteiger partial charge in [-0.1, -0.05) is 12.1 Å². The topological polar surface area (TPSA) is 58.7 Å². The molecule has 0 saturated heterocycles. The normalized spacial score (nSPS) is 15.8. The van der Waals surface area contributed by atoms with Gasteiger partial charge in [0.2, 0.25) is 0 Å². The first-order valence-electron chi connectivity index (χ1n) is 5.98. The van der Waals surface area contributed by atoms with Crippen LogP contribution < -0.4 is 10.5 Å². The van der Waals surface area contributed by atoms with E-state index in [4.69, 9.17) is 15.6 Å². The van der Waals surface area contributed by atoms with Crippen molar-refractivity contribution in [3.05, 3.63) is 29.3 Å². The summed E-state index contributed by atoms with van der Waals surface area (Å²) in [4.78, 5) is 2.12. The van der Waals surface area contributed by atoms with E-state index in [0.717, 1.165) is 25.3 Å². The highest BCUT2D eigenvalue weighted by Gasteiger charge is 2.13. The van der Waals surface area contributed by atoms with Gasteiger partial charge < -0.3 is 20.5 Å². The molecule has 94 valence electrons. The fourth-order valence-electron chi connectivity index (χ4n) is 2.17. The Hall–Kier alpha value is -1.10. The van der Waals surface area contributed by atoms with E-state index in [1.165, 1.54) is 11.1 Å². The highest BCUT2D eigenvalue weighted by atomic mass is 16.5. The summed E-state index contributed by atoms with van der Waals surface area (Å²) in [6.07, 6.45) is 1.00. The van der Waals surface area contributed by atoms with Crippen molar-refractivity contribution in [2.24, 2.45) is 5.73 Å². The summed E-state index contributed by atoms with van der Waals surface area (Å²) in [6.45, 7) is 2.37. The van der Waals surface area contributed by atoms with Crippen LogP contribution in [-0.2, 0) is 13.0 Å². The third-order valence-electron chi connectivity index (χ3n) is 2.99. The Morgan fingerprint density at radius 2 is 2.35 bits per heavy atom. The molecule has 0 aliphatic carbocycles. The maximum Gasteiger partial charge on any atom is 0.122 e. The van der Waals surface area contributed by atoms with Crippen molar-refractivity contribution in [1.29, 1.82) is 0 Å². The van der Waals surface area contributed by atoms with Gasteiger partial charge in [-0.3, -0.25) is 0 Å². The molecular weight excluding hydrogens is 216 g/mol.